The van der Waals surface area contributed by atoms with Crippen LogP contribution in [0.4, 0.5) is 4.39 Å². The molecule has 6 nitrogen and oxygen atoms in total. The Labute approximate surface area is 139 Å². The lowest BCUT2D eigenvalue weighted by Gasteiger charge is -2.31. The van der Waals surface area contributed by atoms with Gasteiger partial charge in [-0.2, -0.15) is 4.98 Å². The first-order valence-corrected chi connectivity index (χ1v) is 8.01. The van der Waals surface area contributed by atoms with E-state index in [1.165, 1.54) is 6.07 Å². The number of amides is 1. The molecule has 7 heteroatoms. The minimum atomic E-state index is -0.417. The summed E-state index contributed by atoms with van der Waals surface area (Å²) in [5.41, 5.74) is 0.396. The predicted octanol–water partition coefficient (Wildman–Crippen LogP) is 2.47. The molecular weight excluding hydrogens is 313 g/mol. The highest BCUT2D eigenvalue weighted by Crippen LogP contribution is 2.22. The van der Waals surface area contributed by atoms with Gasteiger partial charge in [-0.25, -0.2) is 4.39 Å². The van der Waals surface area contributed by atoms with Crippen LogP contribution in [0.5, 0.6) is 0 Å². The topological polar surface area (TPSA) is 68.5 Å². The molecular formula is C17H20FN3O3. The molecule has 3 rings (SSSR count). The summed E-state index contributed by atoms with van der Waals surface area (Å²) in [4.78, 5) is 18.4. The van der Waals surface area contributed by atoms with Crippen LogP contribution in [-0.4, -0.2) is 40.6 Å². The zero-order chi connectivity index (χ0) is 17.1. The molecule has 0 N–H and O–H groups in total. The van der Waals surface area contributed by atoms with Gasteiger partial charge < -0.3 is 14.2 Å². The minimum absolute atomic E-state index is 0.0306. The second kappa shape index (κ2) is 7.09. The van der Waals surface area contributed by atoms with E-state index >= 15 is 0 Å². The fourth-order valence-electron chi connectivity index (χ4n) is 2.56. The predicted molar refractivity (Wildman–Crippen MR) is 83.8 cm³/mol. The van der Waals surface area contributed by atoms with E-state index < -0.39 is 6.10 Å². The fraction of sp³-hybridized carbons (Fsp3) is 0.471. The summed E-state index contributed by atoms with van der Waals surface area (Å²) >= 11 is 0. The third-order valence-electron chi connectivity index (χ3n) is 3.96. The van der Waals surface area contributed by atoms with Crippen molar-refractivity contribution >= 4 is 5.91 Å². The first-order valence-electron chi connectivity index (χ1n) is 8.01. The third-order valence-corrected chi connectivity index (χ3v) is 3.96. The number of carbonyl (C=O) groups excluding carboxylic acids is 1. The maximum Gasteiger partial charge on any atom is 0.229 e. The largest absolute Gasteiger partial charge is 0.366 e. The Bertz CT molecular complexity index is 717. The van der Waals surface area contributed by atoms with Crippen LogP contribution in [0.2, 0.25) is 0 Å². The molecule has 1 aromatic heterocycles. The first-order chi connectivity index (χ1) is 11.5. The molecule has 1 fully saturated rings. The Morgan fingerprint density at radius 3 is 2.92 bits per heavy atom. The van der Waals surface area contributed by atoms with E-state index in [4.69, 9.17) is 9.26 Å². The third kappa shape index (κ3) is 3.62. The Morgan fingerprint density at radius 1 is 1.42 bits per heavy atom. The molecule has 1 atom stereocenters. The van der Waals surface area contributed by atoms with Gasteiger partial charge in [0.05, 0.1) is 19.6 Å². The van der Waals surface area contributed by atoms with Crippen molar-refractivity contribution in [2.24, 2.45) is 0 Å². The standard InChI is InChI=1S/C17H20FN3O3/c1-11(2)17-19-16(20-24-17)14-10-21(7-8-23-14)15(22)9-12-5-3-4-6-13(12)18/h3-6,11,14H,7-10H2,1-2H3/t14-/m0/s1. The van der Waals surface area contributed by atoms with Crippen molar-refractivity contribution in [3.05, 3.63) is 47.4 Å². The lowest BCUT2D eigenvalue weighted by Crippen LogP contribution is -2.43. The minimum Gasteiger partial charge on any atom is -0.366 e. The van der Waals surface area contributed by atoms with E-state index in [1.54, 1.807) is 23.1 Å². The Hall–Kier alpha value is -2.28. The molecule has 24 heavy (non-hydrogen) atoms. The van der Waals surface area contributed by atoms with Gasteiger partial charge in [0.2, 0.25) is 17.6 Å². The zero-order valence-electron chi connectivity index (χ0n) is 13.7. The molecule has 0 saturated carbocycles. The lowest BCUT2D eigenvalue weighted by atomic mass is 10.1. The molecule has 0 aliphatic carbocycles. The van der Waals surface area contributed by atoms with Crippen molar-refractivity contribution < 1.29 is 18.4 Å². The lowest BCUT2D eigenvalue weighted by molar-refractivity contribution is -0.138. The number of halogens is 1. The molecule has 0 radical (unpaired) electrons. The fourth-order valence-corrected chi connectivity index (χ4v) is 2.56. The summed E-state index contributed by atoms with van der Waals surface area (Å²) in [6.45, 7) is 5.12. The Morgan fingerprint density at radius 2 is 2.21 bits per heavy atom. The van der Waals surface area contributed by atoms with Crippen LogP contribution >= 0.6 is 0 Å². The number of rotatable bonds is 4. The van der Waals surface area contributed by atoms with Gasteiger partial charge in [-0.05, 0) is 11.6 Å². The molecule has 0 unspecified atom stereocenters. The van der Waals surface area contributed by atoms with Crippen LogP contribution in [0, 0.1) is 5.82 Å². The van der Waals surface area contributed by atoms with E-state index in [1.807, 2.05) is 13.8 Å². The summed E-state index contributed by atoms with van der Waals surface area (Å²) in [6, 6.07) is 6.31. The average Bonchev–Trinajstić information content (AvgIpc) is 3.07. The Kier molecular flexibility index (Phi) is 4.89. The van der Waals surface area contributed by atoms with Gasteiger partial charge in [0, 0.05) is 12.5 Å². The van der Waals surface area contributed by atoms with Crippen LogP contribution in [0.25, 0.3) is 0 Å². The van der Waals surface area contributed by atoms with Crippen LogP contribution in [-0.2, 0) is 16.0 Å². The molecule has 128 valence electrons. The van der Waals surface area contributed by atoms with Crippen molar-refractivity contribution in [2.45, 2.75) is 32.3 Å². The number of carbonyl (C=O) groups is 1. The van der Waals surface area contributed by atoms with Gasteiger partial charge in [-0.15, -0.1) is 0 Å². The van der Waals surface area contributed by atoms with Crippen LogP contribution < -0.4 is 0 Å². The second-order valence-electron chi connectivity index (χ2n) is 6.11. The molecule has 1 aromatic carbocycles. The van der Waals surface area contributed by atoms with E-state index in [2.05, 4.69) is 10.1 Å². The highest BCUT2D eigenvalue weighted by Gasteiger charge is 2.29. The maximum absolute atomic E-state index is 13.7. The van der Waals surface area contributed by atoms with Gasteiger partial charge in [0.1, 0.15) is 11.9 Å². The van der Waals surface area contributed by atoms with Gasteiger partial charge in [-0.3, -0.25) is 4.79 Å². The summed E-state index contributed by atoms with van der Waals surface area (Å²) in [5.74, 6) is 0.621. The first kappa shape index (κ1) is 16.6. The average molecular weight is 333 g/mol. The van der Waals surface area contributed by atoms with E-state index in [0.29, 0.717) is 37.0 Å². The molecule has 1 aliphatic rings. The van der Waals surface area contributed by atoms with Gasteiger partial charge >= 0.3 is 0 Å². The molecule has 2 aromatic rings. The smallest absolute Gasteiger partial charge is 0.229 e. The number of morpholine rings is 1. The highest BCUT2D eigenvalue weighted by molar-refractivity contribution is 5.79. The SMILES string of the molecule is CC(C)c1nc([C@@H]2CN(C(=O)Cc3ccccc3F)CCO2)no1. The van der Waals surface area contributed by atoms with Crippen molar-refractivity contribution in [1.82, 2.24) is 15.0 Å². The zero-order valence-corrected chi connectivity index (χ0v) is 13.7. The number of hydrogen-bond acceptors (Lipinski definition) is 5. The number of benzene rings is 1. The highest BCUT2D eigenvalue weighted by atomic mass is 19.1. The van der Waals surface area contributed by atoms with Crippen molar-refractivity contribution in [2.75, 3.05) is 19.7 Å². The molecule has 1 amide bonds. The number of ether oxygens (including phenoxy) is 1. The van der Waals surface area contributed by atoms with E-state index in [0.717, 1.165) is 0 Å². The van der Waals surface area contributed by atoms with Crippen LogP contribution in [0.15, 0.2) is 28.8 Å². The van der Waals surface area contributed by atoms with Gasteiger partial charge in [0.25, 0.3) is 0 Å². The molecule has 0 spiro atoms. The Balaban J connectivity index is 1.66. The summed E-state index contributed by atoms with van der Waals surface area (Å²) in [5, 5.41) is 3.94. The van der Waals surface area contributed by atoms with Crippen LogP contribution in [0.1, 0.15) is 43.1 Å². The maximum atomic E-state index is 13.7. The van der Waals surface area contributed by atoms with Crippen molar-refractivity contribution in [1.29, 1.82) is 0 Å². The number of aromatic nitrogens is 2. The van der Waals surface area contributed by atoms with Crippen molar-refractivity contribution in [3.8, 4) is 0 Å². The summed E-state index contributed by atoms with van der Waals surface area (Å²) in [6.07, 6.45) is -0.386. The summed E-state index contributed by atoms with van der Waals surface area (Å²) < 4.78 is 24.6. The molecule has 1 saturated heterocycles. The number of nitrogens with zero attached hydrogens (tertiary/aromatic N) is 3. The van der Waals surface area contributed by atoms with Crippen LogP contribution in [0.3, 0.4) is 0 Å². The quantitative estimate of drug-likeness (QED) is 0.860. The van der Waals surface area contributed by atoms with Gasteiger partial charge in [0.15, 0.2) is 0 Å². The van der Waals surface area contributed by atoms with E-state index in [-0.39, 0.29) is 24.1 Å². The second-order valence-corrected chi connectivity index (χ2v) is 6.11. The summed E-state index contributed by atoms with van der Waals surface area (Å²) in [7, 11) is 0. The van der Waals surface area contributed by atoms with Gasteiger partial charge in [-0.1, -0.05) is 37.2 Å². The van der Waals surface area contributed by atoms with E-state index in [9.17, 15) is 9.18 Å². The van der Waals surface area contributed by atoms with Crippen molar-refractivity contribution in [3.63, 3.8) is 0 Å². The normalized spacial score (nSPS) is 18.2. The molecule has 1 aliphatic heterocycles. The number of hydrogen-bond donors (Lipinski definition) is 0. The molecule has 2 heterocycles. The monoisotopic (exact) mass is 333 g/mol. The molecule has 0 bridgehead atoms.